The number of aromatic nitrogens is 1. The molecule has 0 fully saturated rings. The first kappa shape index (κ1) is 22.3. The van der Waals surface area contributed by atoms with E-state index in [9.17, 15) is 4.79 Å². The lowest BCUT2D eigenvalue weighted by Crippen LogP contribution is -2.11. The summed E-state index contributed by atoms with van der Waals surface area (Å²) in [5.74, 6) is 0. The summed E-state index contributed by atoms with van der Waals surface area (Å²) in [5, 5.41) is 3.89. The van der Waals surface area contributed by atoms with Crippen molar-refractivity contribution in [3.05, 3.63) is 100 Å². The molecule has 0 aliphatic carbocycles. The second kappa shape index (κ2) is 9.61. The van der Waals surface area contributed by atoms with Crippen LogP contribution >= 0.6 is 0 Å². The van der Waals surface area contributed by atoms with E-state index in [0.29, 0.717) is 0 Å². The number of hydrogen-bond donors (Lipinski definition) is 0. The van der Waals surface area contributed by atoms with Crippen LogP contribution in [0.1, 0.15) is 38.8 Å². The summed E-state index contributed by atoms with van der Waals surface area (Å²) < 4.78 is 2.23. The van der Waals surface area contributed by atoms with Gasteiger partial charge in [0.25, 0.3) is 0 Å². The summed E-state index contributed by atoms with van der Waals surface area (Å²) in [6, 6.07) is 27.0. The molecule has 0 spiro atoms. The normalized spacial score (nSPS) is 10.4. The molecule has 2 heteroatoms. The molecule has 31 heavy (non-hydrogen) atoms. The number of benzene rings is 4. The molecular weight excluding hydrogens is 378 g/mol. The fraction of sp³-hybridized carbons (Fsp3) is 0.207. The van der Waals surface area contributed by atoms with Gasteiger partial charge >= 0.3 is 0 Å². The molecule has 1 heterocycles. The van der Waals surface area contributed by atoms with Crippen LogP contribution < -0.4 is 5.43 Å². The molecular formula is C29H31NO. The molecule has 4 aromatic carbocycles. The smallest absolute Gasteiger partial charge is 0.197 e. The zero-order valence-corrected chi connectivity index (χ0v) is 19.4. The van der Waals surface area contributed by atoms with Crippen molar-refractivity contribution in [3.8, 4) is 5.69 Å². The van der Waals surface area contributed by atoms with E-state index in [1.165, 1.54) is 10.8 Å². The van der Waals surface area contributed by atoms with Gasteiger partial charge in [0.2, 0.25) is 0 Å². The minimum Gasteiger partial charge on any atom is -0.308 e. The Hall–Kier alpha value is -3.39. The van der Waals surface area contributed by atoms with Gasteiger partial charge in [-0.1, -0.05) is 87.4 Å². The van der Waals surface area contributed by atoms with Gasteiger partial charge in [-0.25, -0.2) is 0 Å². The summed E-state index contributed by atoms with van der Waals surface area (Å²) in [4.78, 5) is 13.2. The van der Waals surface area contributed by atoms with Gasteiger partial charge in [0.15, 0.2) is 5.43 Å². The minimum atomic E-state index is 0.101. The van der Waals surface area contributed by atoms with E-state index in [2.05, 4.69) is 71.3 Å². The van der Waals surface area contributed by atoms with Crippen molar-refractivity contribution in [2.45, 2.75) is 41.5 Å². The van der Waals surface area contributed by atoms with Crippen LogP contribution in [0.25, 0.3) is 38.3 Å². The molecule has 5 rings (SSSR count). The van der Waals surface area contributed by atoms with E-state index in [1.807, 2.05) is 53.7 Å². The van der Waals surface area contributed by atoms with E-state index in [-0.39, 0.29) is 5.43 Å². The highest BCUT2D eigenvalue weighted by Gasteiger charge is 2.14. The van der Waals surface area contributed by atoms with Crippen LogP contribution in [0.4, 0.5) is 0 Å². The zero-order chi connectivity index (χ0) is 22.5. The van der Waals surface area contributed by atoms with Gasteiger partial charge < -0.3 is 4.57 Å². The maximum absolute atomic E-state index is 13.2. The van der Waals surface area contributed by atoms with Crippen molar-refractivity contribution in [2.24, 2.45) is 0 Å². The molecule has 0 aliphatic heterocycles. The van der Waals surface area contributed by atoms with Crippen molar-refractivity contribution >= 4 is 32.6 Å². The number of rotatable bonds is 1. The molecule has 2 nitrogen and oxygen atoms in total. The monoisotopic (exact) mass is 409 g/mol. The Morgan fingerprint density at radius 2 is 1.10 bits per heavy atom. The average Bonchev–Trinajstić information content (AvgIpc) is 2.82. The standard InChI is InChI=1S/C25H19NO.2C2H6/c1-16-10-12-23-20(14-16)25(27)21-15-17(2)11-13-24(21)26(23)22-9-5-7-18-6-3-4-8-19(18)22;2*1-2/h3-15H,1-2H3;2*1-2H3. The molecule has 0 saturated heterocycles. The first-order valence-corrected chi connectivity index (χ1v) is 11.2. The Kier molecular flexibility index (Phi) is 6.91. The lowest BCUT2D eigenvalue weighted by molar-refractivity contribution is 1.17. The highest BCUT2D eigenvalue weighted by Crippen LogP contribution is 2.29. The first-order chi connectivity index (χ1) is 15.1. The van der Waals surface area contributed by atoms with Crippen LogP contribution in [0, 0.1) is 13.8 Å². The second-order valence-electron chi connectivity index (χ2n) is 7.20. The molecule has 0 aliphatic rings. The molecule has 0 saturated carbocycles. The Morgan fingerprint density at radius 1 is 0.581 bits per heavy atom. The predicted molar refractivity (Wildman–Crippen MR) is 137 cm³/mol. The number of nitrogens with zero attached hydrogens (tertiary/aromatic N) is 1. The Balaban J connectivity index is 0.000000645. The predicted octanol–water partition coefficient (Wildman–Crippen LogP) is 7.97. The molecule has 0 atom stereocenters. The fourth-order valence-electron chi connectivity index (χ4n) is 3.99. The quantitative estimate of drug-likeness (QED) is 0.257. The maximum atomic E-state index is 13.2. The molecule has 0 N–H and O–H groups in total. The molecule has 0 bridgehead atoms. The van der Waals surface area contributed by atoms with Crippen LogP contribution in [0.5, 0.6) is 0 Å². The van der Waals surface area contributed by atoms with Gasteiger partial charge in [-0.15, -0.1) is 0 Å². The van der Waals surface area contributed by atoms with Crippen molar-refractivity contribution in [1.29, 1.82) is 0 Å². The van der Waals surface area contributed by atoms with Crippen LogP contribution in [0.2, 0.25) is 0 Å². The van der Waals surface area contributed by atoms with E-state index in [0.717, 1.165) is 38.6 Å². The van der Waals surface area contributed by atoms with Crippen molar-refractivity contribution < 1.29 is 0 Å². The second-order valence-corrected chi connectivity index (χ2v) is 7.20. The van der Waals surface area contributed by atoms with Crippen molar-refractivity contribution in [2.75, 3.05) is 0 Å². The van der Waals surface area contributed by atoms with Crippen LogP contribution in [0.3, 0.4) is 0 Å². The third kappa shape index (κ3) is 3.98. The number of aryl methyl sites for hydroxylation is 2. The largest absolute Gasteiger partial charge is 0.308 e. The third-order valence-electron chi connectivity index (χ3n) is 5.28. The van der Waals surface area contributed by atoms with Crippen LogP contribution in [0.15, 0.2) is 83.7 Å². The Morgan fingerprint density at radius 3 is 1.68 bits per heavy atom. The van der Waals surface area contributed by atoms with Crippen molar-refractivity contribution in [1.82, 2.24) is 4.57 Å². The highest BCUT2D eigenvalue weighted by atomic mass is 16.1. The molecule has 0 radical (unpaired) electrons. The summed E-state index contributed by atoms with van der Waals surface area (Å²) in [6.45, 7) is 12.1. The summed E-state index contributed by atoms with van der Waals surface area (Å²) in [6.07, 6.45) is 0. The summed E-state index contributed by atoms with van der Waals surface area (Å²) in [5.41, 5.74) is 5.27. The van der Waals surface area contributed by atoms with E-state index < -0.39 is 0 Å². The Bertz CT molecular complexity index is 1340. The zero-order valence-electron chi connectivity index (χ0n) is 19.4. The van der Waals surface area contributed by atoms with E-state index >= 15 is 0 Å². The van der Waals surface area contributed by atoms with Crippen molar-refractivity contribution in [3.63, 3.8) is 0 Å². The van der Waals surface area contributed by atoms with Gasteiger partial charge in [0.1, 0.15) is 0 Å². The summed E-state index contributed by atoms with van der Waals surface area (Å²) in [7, 11) is 0. The fourth-order valence-corrected chi connectivity index (χ4v) is 3.99. The lowest BCUT2D eigenvalue weighted by atomic mass is 10.0. The third-order valence-corrected chi connectivity index (χ3v) is 5.28. The number of pyridine rings is 1. The van der Waals surface area contributed by atoms with Gasteiger partial charge in [-0.05, 0) is 49.6 Å². The van der Waals surface area contributed by atoms with Gasteiger partial charge in [0.05, 0.1) is 16.7 Å². The molecule has 158 valence electrons. The minimum absolute atomic E-state index is 0.101. The van der Waals surface area contributed by atoms with Crippen LogP contribution in [-0.4, -0.2) is 4.57 Å². The number of fused-ring (bicyclic) bond motifs is 3. The average molecular weight is 410 g/mol. The highest BCUT2D eigenvalue weighted by molar-refractivity contribution is 5.99. The van der Waals surface area contributed by atoms with Gasteiger partial charge in [-0.3, -0.25) is 4.79 Å². The SMILES string of the molecule is CC.CC.Cc1ccc2c(c1)c(=O)c1cc(C)ccc1n2-c1cccc2ccccc12. The molecule has 5 aromatic rings. The molecule has 0 unspecified atom stereocenters. The summed E-state index contributed by atoms with van der Waals surface area (Å²) >= 11 is 0. The molecule has 0 amide bonds. The van der Waals surface area contributed by atoms with E-state index in [4.69, 9.17) is 0 Å². The van der Waals surface area contributed by atoms with E-state index in [1.54, 1.807) is 0 Å². The molecule has 1 aromatic heterocycles. The first-order valence-electron chi connectivity index (χ1n) is 11.2. The maximum Gasteiger partial charge on any atom is 0.197 e. The topological polar surface area (TPSA) is 22.0 Å². The van der Waals surface area contributed by atoms with Gasteiger partial charge in [-0.2, -0.15) is 0 Å². The van der Waals surface area contributed by atoms with Gasteiger partial charge in [0, 0.05) is 16.2 Å². The van der Waals surface area contributed by atoms with Crippen LogP contribution in [-0.2, 0) is 0 Å². The Labute approximate surface area is 184 Å². The number of hydrogen-bond acceptors (Lipinski definition) is 1. The lowest BCUT2D eigenvalue weighted by Gasteiger charge is -2.18.